The van der Waals surface area contributed by atoms with Crippen LogP contribution in [-0.4, -0.2) is 35.0 Å². The molecule has 2 aliphatic rings. The quantitative estimate of drug-likeness (QED) is 0.637. The number of Topliss-reactive ketones (excluding diaryl/α,β-unsaturated/α-hetero) is 1. The molecule has 1 aliphatic heterocycles. The normalized spacial score (nSPS) is 32.6. The summed E-state index contributed by atoms with van der Waals surface area (Å²) < 4.78 is 0. The first-order valence-electron chi connectivity index (χ1n) is 5.19. The lowest BCUT2D eigenvalue weighted by molar-refractivity contribution is -0.128. The van der Waals surface area contributed by atoms with Crippen LogP contribution in [0.25, 0.3) is 0 Å². The van der Waals surface area contributed by atoms with Crippen molar-refractivity contribution in [3.63, 3.8) is 0 Å². The van der Waals surface area contributed by atoms with E-state index in [0.717, 1.165) is 19.3 Å². The zero-order valence-corrected chi connectivity index (χ0v) is 8.11. The van der Waals surface area contributed by atoms with E-state index in [9.17, 15) is 9.59 Å². The van der Waals surface area contributed by atoms with Gasteiger partial charge in [-0.1, -0.05) is 0 Å². The van der Waals surface area contributed by atoms with Crippen LogP contribution in [0.5, 0.6) is 0 Å². The smallest absolute Gasteiger partial charge is 0.407 e. The molecule has 1 amide bonds. The fourth-order valence-corrected chi connectivity index (χ4v) is 2.61. The first-order chi connectivity index (χ1) is 6.68. The monoisotopic (exact) mass is 197 g/mol. The van der Waals surface area contributed by atoms with Crippen molar-refractivity contribution in [3.8, 4) is 0 Å². The van der Waals surface area contributed by atoms with Gasteiger partial charge in [-0.25, -0.2) is 4.79 Å². The number of likely N-dealkylation sites (tertiary alicyclic amines) is 1. The molecule has 14 heavy (non-hydrogen) atoms. The molecule has 0 bridgehead atoms. The number of fused-ring (bicyclic) bond motifs is 1. The molecule has 1 N–H and O–H groups in total. The highest BCUT2D eigenvalue weighted by atomic mass is 16.4. The summed E-state index contributed by atoms with van der Waals surface area (Å²) in [6.07, 6.45) is 2.72. The van der Waals surface area contributed by atoms with Gasteiger partial charge < -0.3 is 10.0 Å². The van der Waals surface area contributed by atoms with Crippen LogP contribution in [0.2, 0.25) is 0 Å². The van der Waals surface area contributed by atoms with Crippen LogP contribution in [0.15, 0.2) is 0 Å². The molecule has 0 aromatic heterocycles. The number of carbonyl (C=O) groups is 2. The molecular weight excluding hydrogens is 182 g/mol. The molecule has 1 saturated heterocycles. The average molecular weight is 197 g/mol. The number of carboxylic acid groups (broad SMARTS) is 1. The van der Waals surface area contributed by atoms with Gasteiger partial charge in [0.2, 0.25) is 0 Å². The second-order valence-corrected chi connectivity index (χ2v) is 4.24. The topological polar surface area (TPSA) is 57.6 Å². The van der Waals surface area contributed by atoms with Crippen molar-refractivity contribution in [1.29, 1.82) is 0 Å². The Kier molecular flexibility index (Phi) is 2.44. The summed E-state index contributed by atoms with van der Waals surface area (Å²) in [5.41, 5.74) is 0. The molecule has 1 aliphatic carbocycles. The molecule has 0 spiro atoms. The second-order valence-electron chi connectivity index (χ2n) is 4.24. The van der Waals surface area contributed by atoms with E-state index in [0.29, 0.717) is 25.4 Å². The lowest BCUT2D eigenvalue weighted by Gasteiger charge is -2.38. The standard InChI is InChI=1S/C10H15NO3/c12-9-3-1-2-7-4-5-11(10(13)14)6-8(7)9/h7-8H,1-6H2,(H,13,14). The van der Waals surface area contributed by atoms with E-state index < -0.39 is 6.09 Å². The highest BCUT2D eigenvalue weighted by Crippen LogP contribution is 2.33. The fourth-order valence-electron chi connectivity index (χ4n) is 2.61. The Morgan fingerprint density at radius 1 is 1.43 bits per heavy atom. The zero-order valence-electron chi connectivity index (χ0n) is 8.11. The average Bonchev–Trinajstić information content (AvgIpc) is 2.18. The van der Waals surface area contributed by atoms with Crippen LogP contribution in [0.1, 0.15) is 25.7 Å². The molecular formula is C10H15NO3. The Bertz CT molecular complexity index is 264. The van der Waals surface area contributed by atoms with E-state index in [-0.39, 0.29) is 11.7 Å². The van der Waals surface area contributed by atoms with Crippen molar-refractivity contribution in [2.75, 3.05) is 13.1 Å². The van der Waals surface area contributed by atoms with Crippen molar-refractivity contribution in [3.05, 3.63) is 0 Å². The number of hydrogen-bond acceptors (Lipinski definition) is 2. The molecule has 0 aromatic carbocycles. The Balaban J connectivity index is 2.05. The Labute approximate surface area is 82.9 Å². The first-order valence-corrected chi connectivity index (χ1v) is 5.19. The molecule has 2 fully saturated rings. The number of carbonyl (C=O) groups excluding carboxylic acids is 1. The van der Waals surface area contributed by atoms with Crippen molar-refractivity contribution < 1.29 is 14.7 Å². The van der Waals surface area contributed by atoms with E-state index in [1.807, 2.05) is 0 Å². The van der Waals surface area contributed by atoms with E-state index in [1.165, 1.54) is 4.90 Å². The fraction of sp³-hybridized carbons (Fsp3) is 0.800. The highest BCUT2D eigenvalue weighted by molar-refractivity contribution is 5.83. The van der Waals surface area contributed by atoms with Gasteiger partial charge in [0.15, 0.2) is 0 Å². The summed E-state index contributed by atoms with van der Waals surface area (Å²) in [7, 11) is 0. The maximum absolute atomic E-state index is 11.6. The van der Waals surface area contributed by atoms with Gasteiger partial charge in [0, 0.05) is 25.4 Å². The van der Waals surface area contributed by atoms with Crippen LogP contribution >= 0.6 is 0 Å². The first kappa shape index (κ1) is 9.49. The summed E-state index contributed by atoms with van der Waals surface area (Å²) in [6.45, 7) is 1.03. The zero-order chi connectivity index (χ0) is 10.1. The van der Waals surface area contributed by atoms with Gasteiger partial charge in [-0.05, 0) is 25.2 Å². The van der Waals surface area contributed by atoms with Crippen molar-refractivity contribution >= 4 is 11.9 Å². The predicted octanol–water partition coefficient (Wildman–Crippen LogP) is 1.36. The van der Waals surface area contributed by atoms with Crippen LogP contribution in [0, 0.1) is 11.8 Å². The molecule has 4 nitrogen and oxygen atoms in total. The lowest BCUT2D eigenvalue weighted by atomic mass is 9.74. The number of piperidine rings is 1. The van der Waals surface area contributed by atoms with Gasteiger partial charge >= 0.3 is 6.09 Å². The third-order valence-corrected chi connectivity index (χ3v) is 3.44. The molecule has 1 heterocycles. The third kappa shape index (κ3) is 1.61. The molecule has 0 radical (unpaired) electrons. The van der Waals surface area contributed by atoms with Crippen LogP contribution in [0.4, 0.5) is 4.79 Å². The summed E-state index contributed by atoms with van der Waals surface area (Å²) in [6, 6.07) is 0. The number of rotatable bonds is 0. The van der Waals surface area contributed by atoms with Gasteiger partial charge in [-0.2, -0.15) is 0 Å². The van der Waals surface area contributed by atoms with E-state index in [1.54, 1.807) is 0 Å². The van der Waals surface area contributed by atoms with E-state index >= 15 is 0 Å². The largest absolute Gasteiger partial charge is 0.465 e. The number of hydrogen-bond donors (Lipinski definition) is 1. The van der Waals surface area contributed by atoms with Gasteiger partial charge in [0.25, 0.3) is 0 Å². The van der Waals surface area contributed by atoms with E-state index in [4.69, 9.17) is 5.11 Å². The van der Waals surface area contributed by atoms with Crippen molar-refractivity contribution in [1.82, 2.24) is 4.90 Å². The number of ketones is 1. The summed E-state index contributed by atoms with van der Waals surface area (Å²) in [5, 5.41) is 8.83. The minimum Gasteiger partial charge on any atom is -0.465 e. The Hall–Kier alpha value is -1.06. The second kappa shape index (κ2) is 3.59. The third-order valence-electron chi connectivity index (χ3n) is 3.44. The van der Waals surface area contributed by atoms with Gasteiger partial charge in [-0.15, -0.1) is 0 Å². The maximum Gasteiger partial charge on any atom is 0.407 e. The molecule has 2 rings (SSSR count). The van der Waals surface area contributed by atoms with Crippen LogP contribution in [-0.2, 0) is 4.79 Å². The predicted molar refractivity (Wildman–Crippen MR) is 50.1 cm³/mol. The minimum atomic E-state index is -0.887. The Morgan fingerprint density at radius 2 is 2.21 bits per heavy atom. The number of nitrogens with zero attached hydrogens (tertiary/aromatic N) is 1. The van der Waals surface area contributed by atoms with Crippen molar-refractivity contribution in [2.24, 2.45) is 11.8 Å². The molecule has 1 saturated carbocycles. The molecule has 78 valence electrons. The van der Waals surface area contributed by atoms with Gasteiger partial charge in [0.1, 0.15) is 5.78 Å². The Morgan fingerprint density at radius 3 is 2.93 bits per heavy atom. The summed E-state index contributed by atoms with van der Waals surface area (Å²) in [5.74, 6) is 0.715. The highest BCUT2D eigenvalue weighted by Gasteiger charge is 2.37. The van der Waals surface area contributed by atoms with Gasteiger partial charge in [0.05, 0.1) is 0 Å². The maximum atomic E-state index is 11.6. The molecule has 4 heteroatoms. The minimum absolute atomic E-state index is 0.00593. The molecule has 0 aromatic rings. The van der Waals surface area contributed by atoms with Gasteiger partial charge in [-0.3, -0.25) is 4.79 Å². The van der Waals surface area contributed by atoms with Crippen molar-refractivity contribution in [2.45, 2.75) is 25.7 Å². The number of amides is 1. The molecule has 2 unspecified atom stereocenters. The summed E-state index contributed by atoms with van der Waals surface area (Å²) in [4.78, 5) is 23.7. The molecule has 2 atom stereocenters. The summed E-state index contributed by atoms with van der Waals surface area (Å²) >= 11 is 0. The van der Waals surface area contributed by atoms with Crippen LogP contribution < -0.4 is 0 Å². The lowest BCUT2D eigenvalue weighted by Crippen LogP contribution is -2.47. The van der Waals surface area contributed by atoms with Crippen LogP contribution in [0.3, 0.4) is 0 Å². The SMILES string of the molecule is O=C1CCCC2CCN(C(=O)O)CC12. The van der Waals surface area contributed by atoms with E-state index in [2.05, 4.69) is 0 Å².